The summed E-state index contributed by atoms with van der Waals surface area (Å²) < 4.78 is 11.3. The Labute approximate surface area is 164 Å². The van der Waals surface area contributed by atoms with E-state index in [1.807, 2.05) is 43.1 Å². The summed E-state index contributed by atoms with van der Waals surface area (Å²) >= 11 is 1.86. The van der Waals surface area contributed by atoms with Crippen molar-refractivity contribution in [1.29, 1.82) is 0 Å². The monoisotopic (exact) mass is 383 g/mol. The Morgan fingerprint density at radius 3 is 2.78 bits per heavy atom. The van der Waals surface area contributed by atoms with Gasteiger partial charge in [-0.15, -0.1) is 0 Å². The van der Waals surface area contributed by atoms with E-state index in [4.69, 9.17) is 14.5 Å². The largest absolute Gasteiger partial charge is 0.493 e. The summed E-state index contributed by atoms with van der Waals surface area (Å²) in [6.07, 6.45) is 2.95. The molecule has 0 amide bonds. The average Bonchev–Trinajstić information content (AvgIpc) is 3.28. The lowest BCUT2D eigenvalue weighted by Gasteiger charge is -2.32. The molecule has 1 aromatic heterocycles. The molecule has 3 heterocycles. The number of aliphatic imine (C=N–C) groups is 1. The minimum Gasteiger partial charge on any atom is -0.493 e. The van der Waals surface area contributed by atoms with Crippen LogP contribution < -0.4 is 9.47 Å². The molecule has 0 N–H and O–H groups in total. The number of ether oxygens (including phenoxy) is 2. The van der Waals surface area contributed by atoms with Crippen molar-refractivity contribution in [3.63, 3.8) is 0 Å². The van der Waals surface area contributed by atoms with Gasteiger partial charge in [-0.3, -0.25) is 9.98 Å². The fourth-order valence-electron chi connectivity index (χ4n) is 3.85. The third-order valence-corrected chi connectivity index (χ3v) is 6.28. The zero-order valence-electron chi connectivity index (χ0n) is 16.0. The van der Waals surface area contributed by atoms with Gasteiger partial charge in [-0.2, -0.15) is 0 Å². The Morgan fingerprint density at radius 2 is 2.07 bits per heavy atom. The van der Waals surface area contributed by atoms with Gasteiger partial charge in [0.05, 0.1) is 25.5 Å². The van der Waals surface area contributed by atoms with Crippen LogP contribution in [0.3, 0.4) is 0 Å². The van der Waals surface area contributed by atoms with Gasteiger partial charge >= 0.3 is 0 Å². The van der Waals surface area contributed by atoms with Gasteiger partial charge in [0.25, 0.3) is 0 Å². The van der Waals surface area contributed by atoms with Crippen LogP contribution in [0.5, 0.6) is 11.5 Å². The first-order chi connectivity index (χ1) is 13.3. The number of pyridine rings is 1. The molecule has 0 radical (unpaired) electrons. The first-order valence-electron chi connectivity index (χ1n) is 9.47. The van der Waals surface area contributed by atoms with Gasteiger partial charge in [0.1, 0.15) is 6.04 Å². The fourth-order valence-corrected chi connectivity index (χ4v) is 5.19. The van der Waals surface area contributed by atoms with Crippen LogP contribution in [0.1, 0.15) is 43.6 Å². The van der Waals surface area contributed by atoms with Crippen LogP contribution in [-0.4, -0.2) is 40.6 Å². The molecule has 1 aromatic carbocycles. The molecule has 1 saturated heterocycles. The van der Waals surface area contributed by atoms with Crippen molar-refractivity contribution < 1.29 is 9.47 Å². The highest BCUT2D eigenvalue weighted by molar-refractivity contribution is 8.14. The second kappa shape index (κ2) is 7.80. The SMILES string of the molecule is CCOc1ccc([C@H]2[C@H](c3ccccn3)N=C3SC[C@@H](CC)N32)cc1OC. The Morgan fingerprint density at radius 1 is 1.19 bits per heavy atom. The molecule has 2 aromatic rings. The number of amidine groups is 1. The third-order valence-electron chi connectivity index (χ3n) is 5.16. The van der Waals surface area contributed by atoms with Gasteiger partial charge in [0, 0.05) is 18.0 Å². The first kappa shape index (κ1) is 18.2. The molecule has 2 aliphatic heterocycles. The molecule has 2 aliphatic rings. The van der Waals surface area contributed by atoms with Crippen LogP contribution in [0.25, 0.3) is 0 Å². The quantitative estimate of drug-likeness (QED) is 0.737. The summed E-state index contributed by atoms with van der Waals surface area (Å²) in [6.45, 7) is 4.84. The Kier molecular flexibility index (Phi) is 5.25. The predicted molar refractivity (Wildman–Crippen MR) is 110 cm³/mol. The van der Waals surface area contributed by atoms with E-state index in [1.165, 1.54) is 5.56 Å². The van der Waals surface area contributed by atoms with Crippen molar-refractivity contribution in [2.24, 2.45) is 4.99 Å². The minimum absolute atomic E-state index is 0.00861. The second-order valence-electron chi connectivity index (χ2n) is 6.68. The molecule has 27 heavy (non-hydrogen) atoms. The zero-order valence-corrected chi connectivity index (χ0v) is 16.8. The van der Waals surface area contributed by atoms with Crippen molar-refractivity contribution in [3.8, 4) is 11.5 Å². The number of fused-ring (bicyclic) bond motifs is 1. The Balaban J connectivity index is 1.77. The van der Waals surface area contributed by atoms with E-state index in [1.54, 1.807) is 7.11 Å². The van der Waals surface area contributed by atoms with E-state index in [9.17, 15) is 0 Å². The number of hydrogen-bond acceptors (Lipinski definition) is 6. The van der Waals surface area contributed by atoms with Gasteiger partial charge in [-0.05, 0) is 43.2 Å². The predicted octanol–water partition coefficient (Wildman–Crippen LogP) is 4.47. The number of thioether (sulfide) groups is 1. The molecular formula is C21H25N3O2S. The maximum atomic E-state index is 5.70. The second-order valence-corrected chi connectivity index (χ2v) is 7.67. The van der Waals surface area contributed by atoms with E-state index >= 15 is 0 Å². The standard InChI is InChI=1S/C21H25N3O2S/c1-4-15-13-27-21-23-19(16-8-6-7-11-22-16)20(24(15)21)14-9-10-17(26-5-2)18(12-14)25-3/h6-12,15,19-20H,4-5,13H2,1-3H3/t15-,19+,20+/m1/s1. The normalized spacial score (nSPS) is 23.9. The Bertz CT molecular complexity index is 827. The summed E-state index contributed by atoms with van der Waals surface area (Å²) in [6, 6.07) is 12.9. The highest BCUT2D eigenvalue weighted by Gasteiger charge is 2.45. The van der Waals surface area contributed by atoms with Crippen molar-refractivity contribution in [2.45, 2.75) is 38.4 Å². The average molecular weight is 384 g/mol. The lowest BCUT2D eigenvalue weighted by atomic mass is 9.95. The Hall–Kier alpha value is -2.21. The summed E-state index contributed by atoms with van der Waals surface area (Å²) in [5.41, 5.74) is 2.19. The van der Waals surface area contributed by atoms with Crippen molar-refractivity contribution in [3.05, 3.63) is 53.9 Å². The van der Waals surface area contributed by atoms with Crippen molar-refractivity contribution in [1.82, 2.24) is 9.88 Å². The fraction of sp³-hybridized carbons (Fsp3) is 0.429. The van der Waals surface area contributed by atoms with E-state index in [0.717, 1.165) is 34.5 Å². The van der Waals surface area contributed by atoms with E-state index in [-0.39, 0.29) is 12.1 Å². The number of benzene rings is 1. The van der Waals surface area contributed by atoms with Crippen molar-refractivity contribution >= 4 is 16.9 Å². The molecule has 0 aliphatic carbocycles. The highest BCUT2D eigenvalue weighted by Crippen LogP contribution is 2.49. The van der Waals surface area contributed by atoms with Crippen LogP contribution in [0, 0.1) is 0 Å². The van der Waals surface area contributed by atoms with Crippen LogP contribution in [0.15, 0.2) is 47.6 Å². The van der Waals surface area contributed by atoms with E-state index in [0.29, 0.717) is 12.6 Å². The molecule has 5 nitrogen and oxygen atoms in total. The molecular weight excluding hydrogens is 358 g/mol. The summed E-state index contributed by atoms with van der Waals surface area (Å²) in [5, 5.41) is 1.13. The molecule has 1 fully saturated rings. The highest BCUT2D eigenvalue weighted by atomic mass is 32.2. The van der Waals surface area contributed by atoms with Gasteiger partial charge in [0.15, 0.2) is 16.7 Å². The molecule has 6 heteroatoms. The molecule has 0 spiro atoms. The smallest absolute Gasteiger partial charge is 0.161 e. The van der Waals surface area contributed by atoms with E-state index in [2.05, 4.69) is 35.0 Å². The topological polar surface area (TPSA) is 47.0 Å². The van der Waals surface area contributed by atoms with Gasteiger partial charge in [-0.25, -0.2) is 0 Å². The third kappa shape index (κ3) is 3.27. The maximum Gasteiger partial charge on any atom is 0.161 e. The lowest BCUT2D eigenvalue weighted by molar-refractivity contribution is 0.254. The van der Waals surface area contributed by atoms with Crippen molar-refractivity contribution in [2.75, 3.05) is 19.5 Å². The number of nitrogens with zero attached hydrogens (tertiary/aromatic N) is 3. The first-order valence-corrected chi connectivity index (χ1v) is 10.5. The number of hydrogen-bond donors (Lipinski definition) is 0. The van der Waals surface area contributed by atoms with Crippen LogP contribution in [0.2, 0.25) is 0 Å². The molecule has 0 saturated carbocycles. The van der Waals surface area contributed by atoms with Gasteiger partial charge < -0.3 is 14.4 Å². The maximum absolute atomic E-state index is 5.70. The lowest BCUT2D eigenvalue weighted by Crippen LogP contribution is -2.35. The van der Waals surface area contributed by atoms with Gasteiger partial charge in [0.2, 0.25) is 0 Å². The molecule has 3 atom stereocenters. The molecule has 0 unspecified atom stereocenters. The summed E-state index contributed by atoms with van der Waals surface area (Å²) in [5.74, 6) is 2.64. The number of methoxy groups -OCH3 is 1. The molecule has 142 valence electrons. The number of rotatable bonds is 6. The summed E-state index contributed by atoms with van der Waals surface area (Å²) in [4.78, 5) is 12.2. The zero-order chi connectivity index (χ0) is 18.8. The van der Waals surface area contributed by atoms with Crippen LogP contribution in [-0.2, 0) is 0 Å². The van der Waals surface area contributed by atoms with E-state index < -0.39 is 0 Å². The van der Waals surface area contributed by atoms with Crippen LogP contribution >= 0.6 is 11.8 Å². The minimum atomic E-state index is -0.00861. The van der Waals surface area contributed by atoms with Crippen LogP contribution in [0.4, 0.5) is 0 Å². The molecule has 0 bridgehead atoms. The number of aromatic nitrogens is 1. The summed E-state index contributed by atoms with van der Waals surface area (Å²) in [7, 11) is 1.69. The van der Waals surface area contributed by atoms with Gasteiger partial charge in [-0.1, -0.05) is 30.8 Å². The molecule has 4 rings (SSSR count).